The number of aromatic carboxylic acids is 1. The number of hydrogen-bond donors (Lipinski definition) is 3. The van der Waals surface area contributed by atoms with Gasteiger partial charge in [0, 0.05) is 41.4 Å². The second-order valence-electron chi connectivity index (χ2n) is 8.67. The number of nitrogens with one attached hydrogen (secondary N) is 2. The Bertz CT molecular complexity index is 1250. The summed E-state index contributed by atoms with van der Waals surface area (Å²) in [4.78, 5) is 31.3. The van der Waals surface area contributed by atoms with E-state index in [4.69, 9.17) is 0 Å². The van der Waals surface area contributed by atoms with E-state index in [0.29, 0.717) is 22.5 Å². The Kier molecular flexibility index (Phi) is 6.10. The zero-order valence-electron chi connectivity index (χ0n) is 18.8. The van der Waals surface area contributed by atoms with Gasteiger partial charge in [-0.25, -0.2) is 4.79 Å². The van der Waals surface area contributed by atoms with Gasteiger partial charge in [0.1, 0.15) is 0 Å². The molecule has 5 rings (SSSR count). The van der Waals surface area contributed by atoms with Gasteiger partial charge < -0.3 is 15.7 Å². The predicted molar refractivity (Wildman–Crippen MR) is 132 cm³/mol. The number of carbonyl (C=O) groups is 2. The van der Waals surface area contributed by atoms with Crippen LogP contribution in [0.3, 0.4) is 0 Å². The maximum atomic E-state index is 13.0. The van der Waals surface area contributed by atoms with Crippen LogP contribution in [0.5, 0.6) is 0 Å². The van der Waals surface area contributed by atoms with Gasteiger partial charge in [0.2, 0.25) is 0 Å². The van der Waals surface area contributed by atoms with Crippen LogP contribution >= 0.6 is 0 Å². The van der Waals surface area contributed by atoms with Crippen molar-refractivity contribution >= 4 is 34.5 Å². The molecule has 7 nitrogen and oxygen atoms in total. The standard InChI is InChI=1S/C27H26N4O3/c32-26-24(22-15-19(27(33)34)8-11-23(22)30-26)25(20-5-4-12-28-16-20)29-21-9-6-18(7-10-21)17-31-13-2-1-3-14-31/h4-12,15-16,29H,1-3,13-14,17H2,(H,30,32)(H,33,34)/b25-24-. The Morgan fingerprint density at radius 1 is 1.03 bits per heavy atom. The monoisotopic (exact) mass is 454 g/mol. The first-order valence-electron chi connectivity index (χ1n) is 11.5. The molecule has 0 saturated carbocycles. The normalized spacial score (nSPS) is 17.1. The van der Waals surface area contributed by atoms with Crippen LogP contribution in [-0.2, 0) is 11.3 Å². The largest absolute Gasteiger partial charge is 0.478 e. The molecule has 0 atom stereocenters. The number of rotatable bonds is 6. The highest BCUT2D eigenvalue weighted by Crippen LogP contribution is 2.38. The molecule has 0 spiro atoms. The predicted octanol–water partition coefficient (Wildman–Crippen LogP) is 4.70. The number of hydrogen-bond acceptors (Lipinski definition) is 5. The van der Waals surface area contributed by atoms with Crippen molar-refractivity contribution in [1.82, 2.24) is 9.88 Å². The third-order valence-electron chi connectivity index (χ3n) is 6.29. The number of carboxylic acids is 1. The first-order valence-corrected chi connectivity index (χ1v) is 11.5. The molecule has 2 aliphatic heterocycles. The molecule has 3 N–H and O–H groups in total. The van der Waals surface area contributed by atoms with E-state index < -0.39 is 5.97 Å². The quantitative estimate of drug-likeness (QED) is 0.468. The zero-order chi connectivity index (χ0) is 23.5. The maximum absolute atomic E-state index is 13.0. The number of benzene rings is 2. The number of nitrogens with zero attached hydrogens (tertiary/aromatic N) is 2. The van der Waals surface area contributed by atoms with E-state index in [-0.39, 0.29) is 11.5 Å². The molecule has 172 valence electrons. The fraction of sp³-hybridized carbons (Fsp3) is 0.222. The van der Waals surface area contributed by atoms with E-state index in [1.54, 1.807) is 24.5 Å². The van der Waals surface area contributed by atoms with Gasteiger partial charge in [0.25, 0.3) is 5.91 Å². The summed E-state index contributed by atoms with van der Waals surface area (Å²) in [6, 6.07) is 16.6. The number of pyridine rings is 1. The number of anilines is 2. The number of likely N-dealkylation sites (tertiary alicyclic amines) is 1. The Morgan fingerprint density at radius 2 is 1.82 bits per heavy atom. The SMILES string of the molecule is O=C1Nc2ccc(C(=O)O)cc2/C1=C(/Nc1ccc(CN2CCCCC2)cc1)c1cccnc1. The Hall–Kier alpha value is -3.97. The van der Waals surface area contributed by atoms with Crippen molar-refractivity contribution < 1.29 is 14.7 Å². The van der Waals surface area contributed by atoms with Gasteiger partial charge >= 0.3 is 5.97 Å². The lowest BCUT2D eigenvalue weighted by molar-refractivity contribution is -0.110. The number of aromatic nitrogens is 1. The average molecular weight is 455 g/mol. The summed E-state index contributed by atoms with van der Waals surface area (Å²) in [5.41, 5.74) is 5.06. The lowest BCUT2D eigenvalue weighted by Gasteiger charge is -2.26. The Labute approximate surface area is 198 Å². The topological polar surface area (TPSA) is 94.6 Å². The van der Waals surface area contributed by atoms with E-state index >= 15 is 0 Å². The third-order valence-corrected chi connectivity index (χ3v) is 6.29. The molecular weight excluding hydrogens is 428 g/mol. The second kappa shape index (κ2) is 9.49. The first-order chi connectivity index (χ1) is 16.6. The number of fused-ring (bicyclic) bond motifs is 1. The van der Waals surface area contributed by atoms with Crippen molar-refractivity contribution in [2.45, 2.75) is 25.8 Å². The van der Waals surface area contributed by atoms with Gasteiger partial charge in [-0.2, -0.15) is 0 Å². The van der Waals surface area contributed by atoms with Crippen LogP contribution in [0, 0.1) is 0 Å². The molecule has 2 aliphatic rings. The van der Waals surface area contributed by atoms with Gasteiger partial charge in [-0.05, 0) is 74.0 Å². The van der Waals surface area contributed by atoms with Gasteiger partial charge in [-0.3, -0.25) is 14.7 Å². The van der Waals surface area contributed by atoms with E-state index in [1.807, 2.05) is 18.2 Å². The van der Waals surface area contributed by atoms with Crippen LogP contribution in [0.2, 0.25) is 0 Å². The molecule has 0 bridgehead atoms. The highest BCUT2D eigenvalue weighted by molar-refractivity contribution is 6.37. The van der Waals surface area contributed by atoms with Crippen LogP contribution in [0.1, 0.15) is 46.3 Å². The molecular formula is C27H26N4O3. The fourth-order valence-corrected chi connectivity index (χ4v) is 4.55. The third kappa shape index (κ3) is 4.56. The summed E-state index contributed by atoms with van der Waals surface area (Å²) >= 11 is 0. The van der Waals surface area contributed by atoms with Crippen molar-refractivity contribution in [3.63, 3.8) is 0 Å². The van der Waals surface area contributed by atoms with Gasteiger partial charge in [-0.15, -0.1) is 0 Å². The van der Waals surface area contributed by atoms with Crippen molar-refractivity contribution in [2.24, 2.45) is 0 Å². The second-order valence-corrected chi connectivity index (χ2v) is 8.67. The van der Waals surface area contributed by atoms with Gasteiger partial charge in [0.05, 0.1) is 16.8 Å². The summed E-state index contributed by atoms with van der Waals surface area (Å²) in [5.74, 6) is -1.33. The minimum absolute atomic E-state index is 0.125. The van der Waals surface area contributed by atoms with E-state index in [2.05, 4.69) is 32.7 Å². The lowest BCUT2D eigenvalue weighted by Crippen LogP contribution is -2.29. The molecule has 0 unspecified atom stereocenters. The summed E-state index contributed by atoms with van der Waals surface area (Å²) < 4.78 is 0. The van der Waals surface area contributed by atoms with Gasteiger partial charge in [-0.1, -0.05) is 18.6 Å². The number of piperidine rings is 1. The molecule has 0 aliphatic carbocycles. The minimum atomic E-state index is -1.04. The highest BCUT2D eigenvalue weighted by Gasteiger charge is 2.29. The molecule has 1 fully saturated rings. The zero-order valence-corrected chi connectivity index (χ0v) is 18.8. The summed E-state index contributed by atoms with van der Waals surface area (Å²) in [6.07, 6.45) is 7.19. The molecule has 1 amide bonds. The smallest absolute Gasteiger partial charge is 0.335 e. The lowest BCUT2D eigenvalue weighted by atomic mass is 9.99. The van der Waals surface area contributed by atoms with Crippen LogP contribution in [0.4, 0.5) is 11.4 Å². The molecule has 1 aromatic heterocycles. The highest BCUT2D eigenvalue weighted by atomic mass is 16.4. The van der Waals surface area contributed by atoms with Crippen molar-refractivity contribution in [1.29, 1.82) is 0 Å². The first kappa shape index (κ1) is 21.9. The minimum Gasteiger partial charge on any atom is -0.478 e. The molecule has 2 aromatic carbocycles. The van der Waals surface area contributed by atoms with E-state index in [0.717, 1.165) is 30.9 Å². The molecule has 3 aromatic rings. The average Bonchev–Trinajstić information content (AvgIpc) is 3.19. The molecule has 34 heavy (non-hydrogen) atoms. The van der Waals surface area contributed by atoms with Crippen LogP contribution < -0.4 is 10.6 Å². The molecule has 0 radical (unpaired) electrons. The van der Waals surface area contributed by atoms with E-state index in [9.17, 15) is 14.7 Å². The summed E-state index contributed by atoms with van der Waals surface area (Å²) in [7, 11) is 0. The molecule has 7 heteroatoms. The van der Waals surface area contributed by atoms with Crippen molar-refractivity contribution in [3.05, 3.63) is 89.2 Å². The number of amides is 1. The number of carboxylic acid groups (broad SMARTS) is 1. The summed E-state index contributed by atoms with van der Waals surface area (Å²) in [5, 5.41) is 15.7. The molecule has 1 saturated heterocycles. The molecule has 3 heterocycles. The van der Waals surface area contributed by atoms with E-state index in [1.165, 1.54) is 37.0 Å². The van der Waals surface area contributed by atoms with Crippen molar-refractivity contribution in [3.8, 4) is 0 Å². The van der Waals surface area contributed by atoms with Gasteiger partial charge in [0.15, 0.2) is 0 Å². The maximum Gasteiger partial charge on any atom is 0.335 e. The summed E-state index contributed by atoms with van der Waals surface area (Å²) in [6.45, 7) is 3.22. The number of carbonyl (C=O) groups excluding carboxylic acids is 1. The Balaban J connectivity index is 1.50. The van der Waals surface area contributed by atoms with Crippen LogP contribution in [0.15, 0.2) is 67.0 Å². The van der Waals surface area contributed by atoms with Crippen LogP contribution in [-0.4, -0.2) is 40.0 Å². The van der Waals surface area contributed by atoms with Crippen LogP contribution in [0.25, 0.3) is 11.3 Å². The fourth-order valence-electron chi connectivity index (χ4n) is 4.55. The van der Waals surface area contributed by atoms with Crippen molar-refractivity contribution in [2.75, 3.05) is 23.7 Å². The Morgan fingerprint density at radius 3 is 2.53 bits per heavy atom.